The van der Waals surface area contributed by atoms with Crippen LogP contribution < -0.4 is 11.1 Å². The summed E-state index contributed by atoms with van der Waals surface area (Å²) >= 11 is 6.32. The number of para-hydroxylation sites is 1. The molecule has 0 aliphatic carbocycles. The number of rotatable bonds is 3. The van der Waals surface area contributed by atoms with Gasteiger partial charge in [-0.2, -0.15) is 0 Å². The molecule has 0 saturated carbocycles. The average Bonchev–Trinajstić information content (AvgIpc) is 3.07. The maximum atomic E-state index is 11.5. The molecule has 6 nitrogen and oxygen atoms in total. The van der Waals surface area contributed by atoms with Crippen molar-refractivity contribution in [3.8, 4) is 0 Å². The third-order valence-corrected chi connectivity index (χ3v) is 4.41. The Morgan fingerprint density at radius 3 is 2.84 bits per heavy atom. The minimum atomic E-state index is -0.495. The minimum absolute atomic E-state index is 0.402. The van der Waals surface area contributed by atoms with E-state index in [4.69, 9.17) is 17.3 Å². The summed E-state index contributed by atoms with van der Waals surface area (Å²) in [7, 11) is 0. The number of benzene rings is 2. The van der Waals surface area contributed by atoms with Crippen LogP contribution in [0.2, 0.25) is 5.02 Å². The van der Waals surface area contributed by atoms with E-state index in [-0.39, 0.29) is 0 Å². The number of fused-ring (bicyclic) bond motifs is 3. The van der Waals surface area contributed by atoms with Gasteiger partial charge in [0.05, 0.1) is 34.3 Å². The van der Waals surface area contributed by atoms with Crippen LogP contribution in [0.15, 0.2) is 48.9 Å². The van der Waals surface area contributed by atoms with Gasteiger partial charge in [0.2, 0.25) is 5.91 Å². The highest BCUT2D eigenvalue weighted by atomic mass is 35.5. The van der Waals surface area contributed by atoms with Crippen molar-refractivity contribution < 1.29 is 4.79 Å². The number of imidazole rings is 1. The standard InChI is InChI=1S/C18H14ClN5O/c1-10-3-2-4-12(19)16(10)23-18-15-8-21-9-24(15)14-6-5-11(17(20)25)7-13(14)22-18/h2-9H,1H3,(H2,20,25)(H,22,23). The number of amides is 1. The molecule has 2 aromatic heterocycles. The number of carbonyl (C=O) groups excluding carboxylic acids is 1. The number of nitrogens with one attached hydrogen (secondary N) is 1. The quantitative estimate of drug-likeness (QED) is 0.589. The molecule has 0 aliphatic rings. The number of nitrogens with zero attached hydrogens (tertiary/aromatic N) is 3. The van der Waals surface area contributed by atoms with Gasteiger partial charge in [0.1, 0.15) is 5.52 Å². The van der Waals surface area contributed by atoms with Crippen molar-refractivity contribution in [3.05, 3.63) is 65.1 Å². The first kappa shape index (κ1) is 15.4. The van der Waals surface area contributed by atoms with Gasteiger partial charge in [-0.05, 0) is 36.8 Å². The molecule has 0 radical (unpaired) electrons. The molecule has 4 rings (SSSR count). The monoisotopic (exact) mass is 351 g/mol. The second-order valence-corrected chi connectivity index (χ2v) is 6.14. The summed E-state index contributed by atoms with van der Waals surface area (Å²) in [5.41, 5.74) is 9.83. The lowest BCUT2D eigenvalue weighted by atomic mass is 10.1. The molecule has 3 N–H and O–H groups in total. The maximum Gasteiger partial charge on any atom is 0.248 e. The van der Waals surface area contributed by atoms with Gasteiger partial charge in [-0.3, -0.25) is 9.20 Å². The lowest BCUT2D eigenvalue weighted by Crippen LogP contribution is -2.11. The van der Waals surface area contributed by atoms with Crippen molar-refractivity contribution in [3.63, 3.8) is 0 Å². The first-order valence-electron chi connectivity index (χ1n) is 7.62. The van der Waals surface area contributed by atoms with Gasteiger partial charge in [-0.15, -0.1) is 0 Å². The Bertz CT molecular complexity index is 1110. The third kappa shape index (κ3) is 2.56. The molecule has 0 atom stereocenters. The van der Waals surface area contributed by atoms with Crippen LogP contribution in [0.3, 0.4) is 0 Å². The molecule has 2 heterocycles. The summed E-state index contributed by atoms with van der Waals surface area (Å²) < 4.78 is 1.90. The largest absolute Gasteiger partial charge is 0.366 e. The van der Waals surface area contributed by atoms with Gasteiger partial charge < -0.3 is 11.1 Å². The van der Waals surface area contributed by atoms with E-state index in [1.165, 1.54) is 0 Å². The van der Waals surface area contributed by atoms with Crippen LogP contribution in [-0.4, -0.2) is 20.3 Å². The van der Waals surface area contributed by atoms with Crippen molar-refractivity contribution in [2.24, 2.45) is 5.73 Å². The summed E-state index contributed by atoms with van der Waals surface area (Å²) in [4.78, 5) is 20.3. The zero-order valence-corrected chi connectivity index (χ0v) is 14.1. The second-order valence-electron chi connectivity index (χ2n) is 5.73. The topological polar surface area (TPSA) is 85.3 Å². The molecule has 0 spiro atoms. The number of anilines is 2. The number of hydrogen-bond donors (Lipinski definition) is 2. The molecule has 2 aromatic carbocycles. The molecular formula is C18H14ClN5O. The van der Waals surface area contributed by atoms with E-state index in [1.807, 2.05) is 35.6 Å². The van der Waals surface area contributed by atoms with Crippen LogP contribution in [0.25, 0.3) is 16.6 Å². The van der Waals surface area contributed by atoms with E-state index >= 15 is 0 Å². The van der Waals surface area contributed by atoms with Gasteiger partial charge in [-0.1, -0.05) is 23.7 Å². The van der Waals surface area contributed by atoms with Crippen LogP contribution in [0, 0.1) is 6.92 Å². The number of aryl methyl sites for hydroxylation is 1. The highest BCUT2D eigenvalue weighted by Gasteiger charge is 2.13. The van der Waals surface area contributed by atoms with Gasteiger partial charge >= 0.3 is 0 Å². The fraction of sp³-hybridized carbons (Fsp3) is 0.0556. The number of hydrogen-bond acceptors (Lipinski definition) is 4. The number of halogens is 1. The van der Waals surface area contributed by atoms with Crippen molar-refractivity contribution in [1.82, 2.24) is 14.4 Å². The number of primary amides is 1. The van der Waals surface area contributed by atoms with Crippen LogP contribution in [0.1, 0.15) is 15.9 Å². The summed E-state index contributed by atoms with van der Waals surface area (Å²) in [5, 5.41) is 3.89. The zero-order valence-electron chi connectivity index (χ0n) is 13.3. The summed E-state index contributed by atoms with van der Waals surface area (Å²) in [5.74, 6) is 0.105. The van der Waals surface area contributed by atoms with Crippen LogP contribution in [-0.2, 0) is 0 Å². The lowest BCUT2D eigenvalue weighted by molar-refractivity contribution is 0.100. The molecule has 25 heavy (non-hydrogen) atoms. The Balaban J connectivity index is 1.95. The van der Waals surface area contributed by atoms with E-state index in [9.17, 15) is 4.79 Å². The molecular weight excluding hydrogens is 338 g/mol. The molecule has 124 valence electrons. The zero-order chi connectivity index (χ0) is 17.6. The fourth-order valence-electron chi connectivity index (χ4n) is 2.81. The van der Waals surface area contributed by atoms with Crippen LogP contribution in [0.5, 0.6) is 0 Å². The van der Waals surface area contributed by atoms with E-state index in [0.29, 0.717) is 21.9 Å². The predicted octanol–water partition coefficient (Wildman–Crippen LogP) is 3.69. The summed E-state index contributed by atoms with van der Waals surface area (Å²) in [6.07, 6.45) is 3.43. The Kier molecular flexibility index (Phi) is 3.54. The second kappa shape index (κ2) is 5.75. The smallest absolute Gasteiger partial charge is 0.248 e. The molecule has 0 saturated heterocycles. The van der Waals surface area contributed by atoms with Crippen LogP contribution in [0.4, 0.5) is 11.5 Å². The normalized spacial score (nSPS) is 11.1. The van der Waals surface area contributed by atoms with E-state index in [0.717, 1.165) is 22.3 Å². The van der Waals surface area contributed by atoms with Crippen molar-refractivity contribution in [2.75, 3.05) is 5.32 Å². The minimum Gasteiger partial charge on any atom is -0.366 e. The average molecular weight is 352 g/mol. The van der Waals surface area contributed by atoms with Crippen molar-refractivity contribution in [2.45, 2.75) is 6.92 Å². The highest BCUT2D eigenvalue weighted by Crippen LogP contribution is 2.31. The summed E-state index contributed by atoms with van der Waals surface area (Å²) in [6.45, 7) is 1.97. The molecule has 1 amide bonds. The Hall–Kier alpha value is -3.12. The molecule has 0 bridgehead atoms. The fourth-order valence-corrected chi connectivity index (χ4v) is 3.08. The molecule has 0 unspecified atom stereocenters. The van der Waals surface area contributed by atoms with E-state index in [1.54, 1.807) is 24.7 Å². The predicted molar refractivity (Wildman–Crippen MR) is 98.5 cm³/mol. The van der Waals surface area contributed by atoms with E-state index in [2.05, 4.69) is 15.3 Å². The molecule has 4 aromatic rings. The first-order chi connectivity index (χ1) is 12.0. The Morgan fingerprint density at radius 1 is 1.24 bits per heavy atom. The molecule has 7 heteroatoms. The third-order valence-electron chi connectivity index (χ3n) is 4.10. The molecule has 0 aliphatic heterocycles. The highest BCUT2D eigenvalue weighted by molar-refractivity contribution is 6.33. The van der Waals surface area contributed by atoms with Crippen molar-refractivity contribution in [1.29, 1.82) is 0 Å². The number of nitrogens with two attached hydrogens (primary N) is 1. The number of aromatic nitrogens is 3. The summed E-state index contributed by atoms with van der Waals surface area (Å²) in [6, 6.07) is 10.8. The van der Waals surface area contributed by atoms with Crippen LogP contribution >= 0.6 is 11.6 Å². The molecule has 0 fully saturated rings. The Morgan fingerprint density at radius 2 is 2.08 bits per heavy atom. The van der Waals surface area contributed by atoms with Gasteiger partial charge in [0.25, 0.3) is 0 Å². The number of carbonyl (C=O) groups is 1. The van der Waals surface area contributed by atoms with Gasteiger partial charge in [0.15, 0.2) is 5.82 Å². The maximum absolute atomic E-state index is 11.5. The lowest BCUT2D eigenvalue weighted by Gasteiger charge is -2.13. The van der Waals surface area contributed by atoms with Gasteiger partial charge in [0, 0.05) is 5.56 Å². The van der Waals surface area contributed by atoms with Crippen molar-refractivity contribution >= 4 is 45.6 Å². The van der Waals surface area contributed by atoms with Gasteiger partial charge in [-0.25, -0.2) is 9.97 Å². The SMILES string of the molecule is Cc1cccc(Cl)c1Nc1nc2cc(C(N)=O)ccc2n2cncc12. The van der Waals surface area contributed by atoms with E-state index < -0.39 is 5.91 Å². The first-order valence-corrected chi connectivity index (χ1v) is 8.00. The Labute approximate surface area is 148 Å².